The molecule has 1 amide bonds. The van der Waals surface area contributed by atoms with Crippen molar-refractivity contribution in [2.75, 3.05) is 39.3 Å². The molecule has 0 aromatic heterocycles. The molecule has 0 N–H and O–H groups in total. The average Bonchev–Trinajstić information content (AvgIpc) is 3.13. The van der Waals surface area contributed by atoms with Crippen LogP contribution in [0.25, 0.3) is 0 Å². The van der Waals surface area contributed by atoms with Crippen molar-refractivity contribution in [1.29, 1.82) is 0 Å². The molecule has 0 radical (unpaired) electrons. The van der Waals surface area contributed by atoms with Gasteiger partial charge in [0.15, 0.2) is 0 Å². The Morgan fingerprint density at radius 1 is 0.889 bits per heavy atom. The smallest absolute Gasteiger partial charge is 0.223 e. The highest BCUT2D eigenvalue weighted by Crippen LogP contribution is 2.44. The number of likely N-dealkylation sites (tertiary alicyclic amines) is 1. The van der Waals surface area contributed by atoms with Crippen LogP contribution in [0, 0.1) is 17.8 Å². The molecule has 4 aliphatic heterocycles. The molecular formula is C22H39N3O2. The van der Waals surface area contributed by atoms with Gasteiger partial charge >= 0.3 is 0 Å². The lowest BCUT2D eigenvalue weighted by Crippen LogP contribution is -2.59. The summed E-state index contributed by atoms with van der Waals surface area (Å²) in [6, 6.07) is 0.333. The maximum Gasteiger partial charge on any atom is 0.223 e. The van der Waals surface area contributed by atoms with Crippen LogP contribution in [0.15, 0.2) is 0 Å². The molecule has 4 saturated heterocycles. The highest BCUT2D eigenvalue weighted by molar-refractivity contribution is 5.79. The zero-order valence-corrected chi connectivity index (χ0v) is 18.2. The Morgan fingerprint density at radius 2 is 1.56 bits per heavy atom. The molecule has 0 aromatic carbocycles. The monoisotopic (exact) mass is 377 g/mol. The van der Waals surface area contributed by atoms with E-state index in [0.717, 1.165) is 32.8 Å². The van der Waals surface area contributed by atoms with Crippen LogP contribution in [0.1, 0.15) is 54.4 Å². The molecule has 0 aliphatic carbocycles. The third-order valence-corrected chi connectivity index (χ3v) is 7.69. The van der Waals surface area contributed by atoms with Crippen LogP contribution in [-0.2, 0) is 9.53 Å². The predicted molar refractivity (Wildman–Crippen MR) is 108 cm³/mol. The van der Waals surface area contributed by atoms with Crippen molar-refractivity contribution in [3.63, 3.8) is 0 Å². The second-order valence-electron chi connectivity index (χ2n) is 11.3. The fourth-order valence-electron chi connectivity index (χ4n) is 5.90. The van der Waals surface area contributed by atoms with Crippen LogP contribution < -0.4 is 0 Å². The van der Waals surface area contributed by atoms with E-state index in [2.05, 4.69) is 56.2 Å². The minimum Gasteiger partial charge on any atom is -0.377 e. The first-order valence-electron chi connectivity index (χ1n) is 11.0. The summed E-state index contributed by atoms with van der Waals surface area (Å²) in [6.45, 7) is 19.9. The number of ether oxygens (including phenoxy) is 1. The third-order valence-electron chi connectivity index (χ3n) is 7.69. The first-order chi connectivity index (χ1) is 12.6. The minimum atomic E-state index is 0.162. The van der Waals surface area contributed by atoms with Crippen LogP contribution >= 0.6 is 0 Å². The van der Waals surface area contributed by atoms with E-state index in [0.29, 0.717) is 36.1 Å². The number of carbonyl (C=O) groups is 1. The van der Waals surface area contributed by atoms with Gasteiger partial charge in [-0.3, -0.25) is 14.6 Å². The first-order valence-corrected chi connectivity index (χ1v) is 11.0. The second-order valence-corrected chi connectivity index (χ2v) is 11.3. The Bertz CT molecular complexity index is 579. The Hall–Kier alpha value is -0.650. The Balaban J connectivity index is 1.52. The van der Waals surface area contributed by atoms with Crippen LogP contribution in [0.3, 0.4) is 0 Å². The van der Waals surface area contributed by atoms with Gasteiger partial charge in [-0.25, -0.2) is 0 Å². The number of piperazine rings is 1. The van der Waals surface area contributed by atoms with Crippen LogP contribution in [0.4, 0.5) is 0 Å². The number of hydrogen-bond acceptors (Lipinski definition) is 4. The average molecular weight is 378 g/mol. The predicted octanol–water partition coefficient (Wildman–Crippen LogP) is 2.45. The third kappa shape index (κ3) is 3.56. The molecule has 27 heavy (non-hydrogen) atoms. The molecule has 4 aliphatic rings. The second kappa shape index (κ2) is 6.70. The number of hydrogen-bond donors (Lipinski definition) is 0. The largest absolute Gasteiger partial charge is 0.377 e. The van der Waals surface area contributed by atoms with Crippen LogP contribution in [0.2, 0.25) is 0 Å². The Morgan fingerprint density at radius 3 is 2.22 bits per heavy atom. The fraction of sp³-hybridized carbons (Fsp3) is 0.955. The maximum absolute atomic E-state index is 12.8. The molecule has 0 bridgehead atoms. The standard InChI is InChI=1S/C22H39N3O2/c1-21(2,3)23-8-7-15-14-27-20(17(15)12-23)16-11-19(26)25-10-9-24(13-18(16)25)22(4,5)6/h15-18,20H,7-14H2,1-6H3. The first kappa shape index (κ1) is 19.7. The fourth-order valence-corrected chi connectivity index (χ4v) is 5.90. The van der Waals surface area contributed by atoms with Gasteiger partial charge in [0.25, 0.3) is 0 Å². The number of carbonyl (C=O) groups excluding carboxylic acids is 1. The number of piperidine rings is 1. The summed E-state index contributed by atoms with van der Waals surface area (Å²) in [5, 5.41) is 0. The summed E-state index contributed by atoms with van der Waals surface area (Å²) in [7, 11) is 0. The van der Waals surface area contributed by atoms with Crippen LogP contribution in [-0.4, -0.2) is 83.2 Å². The van der Waals surface area contributed by atoms with E-state index in [-0.39, 0.29) is 17.2 Å². The van der Waals surface area contributed by atoms with E-state index in [1.165, 1.54) is 13.0 Å². The molecule has 0 aromatic rings. The van der Waals surface area contributed by atoms with Crippen LogP contribution in [0.5, 0.6) is 0 Å². The zero-order chi connectivity index (χ0) is 19.6. The lowest BCUT2D eigenvalue weighted by atomic mass is 9.77. The highest BCUT2D eigenvalue weighted by atomic mass is 16.5. The number of amides is 1. The van der Waals surface area contributed by atoms with E-state index < -0.39 is 0 Å². The molecule has 4 heterocycles. The van der Waals surface area contributed by atoms with E-state index in [4.69, 9.17) is 4.74 Å². The lowest BCUT2D eigenvalue weighted by Gasteiger charge is -2.47. The normalized spacial score (nSPS) is 39.0. The number of nitrogens with zero attached hydrogens (tertiary/aromatic N) is 3. The van der Waals surface area contributed by atoms with Gasteiger partial charge in [0.1, 0.15) is 0 Å². The maximum atomic E-state index is 12.8. The van der Waals surface area contributed by atoms with Gasteiger partial charge in [0, 0.05) is 55.5 Å². The molecule has 4 fully saturated rings. The van der Waals surface area contributed by atoms with Gasteiger partial charge < -0.3 is 9.64 Å². The van der Waals surface area contributed by atoms with Gasteiger partial charge in [-0.1, -0.05) is 0 Å². The molecule has 0 saturated carbocycles. The Kier molecular flexibility index (Phi) is 4.88. The van der Waals surface area contributed by atoms with E-state index >= 15 is 0 Å². The summed E-state index contributed by atoms with van der Waals surface area (Å²) in [6.07, 6.45) is 2.17. The van der Waals surface area contributed by atoms with Crippen molar-refractivity contribution in [2.45, 2.75) is 77.6 Å². The number of rotatable bonds is 1. The van der Waals surface area contributed by atoms with Gasteiger partial charge in [-0.15, -0.1) is 0 Å². The molecule has 0 spiro atoms. The van der Waals surface area contributed by atoms with Crippen molar-refractivity contribution in [1.82, 2.24) is 14.7 Å². The van der Waals surface area contributed by atoms with Gasteiger partial charge in [-0.05, 0) is 60.4 Å². The van der Waals surface area contributed by atoms with Crippen molar-refractivity contribution >= 4 is 5.91 Å². The van der Waals surface area contributed by atoms with Crippen molar-refractivity contribution in [3.8, 4) is 0 Å². The lowest BCUT2D eigenvalue weighted by molar-refractivity contribution is -0.131. The molecule has 4 rings (SSSR count). The molecule has 154 valence electrons. The molecule has 5 heteroatoms. The summed E-state index contributed by atoms with van der Waals surface area (Å²) in [4.78, 5) is 20.1. The van der Waals surface area contributed by atoms with E-state index in [1.807, 2.05) is 0 Å². The molecular weight excluding hydrogens is 338 g/mol. The Labute approximate surface area is 165 Å². The quantitative estimate of drug-likeness (QED) is 0.703. The van der Waals surface area contributed by atoms with Crippen molar-refractivity contribution in [2.24, 2.45) is 17.8 Å². The topological polar surface area (TPSA) is 36.0 Å². The number of fused-ring (bicyclic) bond motifs is 2. The van der Waals surface area contributed by atoms with E-state index in [1.54, 1.807) is 0 Å². The van der Waals surface area contributed by atoms with Gasteiger partial charge in [-0.2, -0.15) is 0 Å². The summed E-state index contributed by atoms with van der Waals surface area (Å²) < 4.78 is 6.44. The van der Waals surface area contributed by atoms with Gasteiger partial charge in [0.05, 0.1) is 18.8 Å². The minimum absolute atomic E-state index is 0.162. The van der Waals surface area contributed by atoms with Gasteiger partial charge in [0.2, 0.25) is 5.91 Å². The highest BCUT2D eigenvalue weighted by Gasteiger charge is 2.53. The molecule has 5 nitrogen and oxygen atoms in total. The molecule has 5 atom stereocenters. The van der Waals surface area contributed by atoms with Crippen molar-refractivity contribution in [3.05, 3.63) is 0 Å². The summed E-state index contributed by atoms with van der Waals surface area (Å²) in [5.41, 5.74) is 0.374. The van der Waals surface area contributed by atoms with E-state index in [9.17, 15) is 4.79 Å². The SMILES string of the molecule is CC(C)(C)N1CCC2COC(C3CC(=O)N4CCN(C(C)(C)C)CC34)C2C1. The molecule has 5 unspecified atom stereocenters. The summed E-state index contributed by atoms with van der Waals surface area (Å²) in [5.74, 6) is 1.98. The zero-order valence-electron chi connectivity index (χ0n) is 18.2. The van der Waals surface area contributed by atoms with Crippen molar-refractivity contribution < 1.29 is 9.53 Å². The summed E-state index contributed by atoms with van der Waals surface area (Å²) >= 11 is 0.